The van der Waals surface area contributed by atoms with E-state index in [0.29, 0.717) is 0 Å². The summed E-state index contributed by atoms with van der Waals surface area (Å²) in [5.41, 5.74) is 0. The van der Waals surface area contributed by atoms with Gasteiger partial charge in [0.2, 0.25) is 0 Å². The number of quaternary nitrogens is 4. The molecule has 0 aromatic carbocycles. The van der Waals surface area contributed by atoms with E-state index in [4.69, 9.17) is 0 Å². The van der Waals surface area contributed by atoms with Gasteiger partial charge in [0.05, 0.1) is 105 Å². The second kappa shape index (κ2) is 42.5. The van der Waals surface area contributed by atoms with Gasteiger partial charge in [-0.15, -0.1) is 0 Å². The van der Waals surface area contributed by atoms with Crippen LogP contribution in [0.15, 0.2) is 0 Å². The van der Waals surface area contributed by atoms with Crippen molar-refractivity contribution in [1.82, 2.24) is 0 Å². The van der Waals surface area contributed by atoms with Crippen LogP contribution < -0.4 is 95.9 Å². The van der Waals surface area contributed by atoms with Crippen LogP contribution in [0, 0.1) is 0 Å². The van der Waals surface area contributed by atoms with Crippen molar-refractivity contribution in [2.75, 3.05) is 105 Å². The number of rotatable bonds is 39. The molecule has 0 aliphatic carbocycles. The fourth-order valence-electron chi connectivity index (χ4n) is 9.38. The second-order valence-corrected chi connectivity index (χ2v) is 16.9. The average molecular weight is 1220 g/mol. The first-order valence-electron chi connectivity index (χ1n) is 23.6. The minimum Gasteiger partial charge on any atom is -1.00 e. The molecule has 0 atom stereocenters. The normalized spacial score (nSPS) is 12.1. The van der Waals surface area contributed by atoms with Crippen LogP contribution in [0.3, 0.4) is 0 Å². The lowest BCUT2D eigenvalue weighted by Crippen LogP contribution is -3.00. The standard InChI is InChI=1S/C46H102N4.4HI/c1-11-47(12-2,13-3)41-35-29-25-21-23-27-31-37-43-49(17-7,18-8)45-39-33-34-40-46-50(19-9,20-10)44-38-32-28-24-22-26-30-36-42-48(14-4,15-5)16-6;;;;/h11-46H2,1-10H3;4*1H/q+4;;;;/p-4. The van der Waals surface area contributed by atoms with Crippen molar-refractivity contribution in [2.45, 2.75) is 198 Å². The lowest BCUT2D eigenvalue weighted by Gasteiger charge is -2.38. The predicted octanol–water partition coefficient (Wildman–Crippen LogP) is 0.271. The van der Waals surface area contributed by atoms with E-state index in [9.17, 15) is 0 Å². The van der Waals surface area contributed by atoms with Gasteiger partial charge in [-0.2, -0.15) is 0 Å². The molecule has 0 saturated heterocycles. The summed E-state index contributed by atoms with van der Waals surface area (Å²) in [4.78, 5) is 0. The third-order valence-electron chi connectivity index (χ3n) is 14.8. The van der Waals surface area contributed by atoms with Gasteiger partial charge in [-0.3, -0.25) is 0 Å². The van der Waals surface area contributed by atoms with Crippen molar-refractivity contribution in [2.24, 2.45) is 0 Å². The number of halogens is 4. The van der Waals surface area contributed by atoms with E-state index in [1.54, 1.807) is 0 Å². The van der Waals surface area contributed by atoms with Gasteiger partial charge in [0.1, 0.15) is 0 Å². The molecular formula is C46H102I4N4. The zero-order valence-electron chi connectivity index (χ0n) is 38.8. The third kappa shape index (κ3) is 29.1. The fourth-order valence-corrected chi connectivity index (χ4v) is 9.38. The highest BCUT2D eigenvalue weighted by Crippen LogP contribution is 2.19. The Balaban J connectivity index is -0.00000200. The summed E-state index contributed by atoms with van der Waals surface area (Å²) in [6, 6.07) is 0. The van der Waals surface area contributed by atoms with Crippen LogP contribution in [-0.4, -0.2) is 123 Å². The number of unbranched alkanes of at least 4 members (excludes halogenated alkanes) is 17. The highest BCUT2D eigenvalue weighted by Gasteiger charge is 2.24. The first kappa shape index (κ1) is 65.9. The van der Waals surface area contributed by atoms with E-state index in [0.717, 1.165) is 0 Å². The molecule has 0 amide bonds. The lowest BCUT2D eigenvalue weighted by atomic mass is 10.1. The van der Waals surface area contributed by atoms with Crippen molar-refractivity contribution in [1.29, 1.82) is 0 Å². The van der Waals surface area contributed by atoms with Crippen molar-refractivity contribution < 1.29 is 114 Å². The van der Waals surface area contributed by atoms with Crippen LogP contribution in [0.4, 0.5) is 0 Å². The Morgan fingerprint density at radius 2 is 0.278 bits per heavy atom. The Bertz CT molecular complexity index is 649. The molecular weight excluding hydrogens is 1120 g/mol. The molecule has 8 heteroatoms. The molecule has 0 bridgehead atoms. The maximum atomic E-state index is 2.46. The minimum absolute atomic E-state index is 0. The van der Waals surface area contributed by atoms with Gasteiger partial charge >= 0.3 is 0 Å². The summed E-state index contributed by atoms with van der Waals surface area (Å²) in [5, 5.41) is 0. The lowest BCUT2D eigenvalue weighted by molar-refractivity contribution is -0.926. The van der Waals surface area contributed by atoms with Crippen LogP contribution in [0.25, 0.3) is 0 Å². The molecule has 0 spiro atoms. The molecule has 0 fully saturated rings. The predicted molar refractivity (Wildman–Crippen MR) is 228 cm³/mol. The van der Waals surface area contributed by atoms with Crippen LogP contribution in [-0.2, 0) is 0 Å². The van der Waals surface area contributed by atoms with E-state index in [-0.39, 0.29) is 95.9 Å². The molecule has 4 nitrogen and oxygen atoms in total. The first-order valence-corrected chi connectivity index (χ1v) is 23.6. The van der Waals surface area contributed by atoms with E-state index < -0.39 is 0 Å². The largest absolute Gasteiger partial charge is 1.00 e. The molecule has 0 unspecified atom stereocenters. The molecule has 0 rings (SSSR count). The summed E-state index contributed by atoms with van der Waals surface area (Å²) < 4.78 is 5.38. The quantitative estimate of drug-likeness (QED) is 0.0472. The average Bonchev–Trinajstić information content (AvgIpc) is 3.16. The summed E-state index contributed by atoms with van der Waals surface area (Å²) in [7, 11) is 0. The molecule has 0 aliphatic heterocycles. The van der Waals surface area contributed by atoms with Crippen molar-refractivity contribution in [3.8, 4) is 0 Å². The van der Waals surface area contributed by atoms with Gasteiger partial charge in [-0.05, 0) is 146 Å². The van der Waals surface area contributed by atoms with Gasteiger partial charge in [0.25, 0.3) is 0 Å². The Hall–Kier alpha value is 2.76. The summed E-state index contributed by atoms with van der Waals surface area (Å²) >= 11 is 0. The Morgan fingerprint density at radius 1 is 0.167 bits per heavy atom. The van der Waals surface area contributed by atoms with E-state index >= 15 is 0 Å². The molecule has 0 heterocycles. The fraction of sp³-hybridized carbons (Fsp3) is 1.00. The first-order chi connectivity index (χ1) is 24.2. The van der Waals surface area contributed by atoms with Crippen LogP contribution >= 0.6 is 0 Å². The maximum Gasteiger partial charge on any atom is 0.0786 e. The number of hydrogen-bond donors (Lipinski definition) is 0. The SMILES string of the molecule is CC[N+](CC)(CC)CCCCCCCCCC[N+](CC)(CC)CCCCCC[N+](CC)(CC)CCCCCCCCCC[N+](CC)(CC)CC.[I-].[I-].[I-].[I-]. The smallest absolute Gasteiger partial charge is 0.0786 e. The van der Waals surface area contributed by atoms with Crippen LogP contribution in [0.1, 0.15) is 198 Å². The summed E-state index contributed by atoms with van der Waals surface area (Å²) in [6.07, 6.45) is 28.9. The van der Waals surface area contributed by atoms with Gasteiger partial charge in [-0.1, -0.05) is 51.4 Å². The number of hydrogen-bond acceptors (Lipinski definition) is 0. The number of nitrogens with zero attached hydrogens (tertiary/aromatic N) is 4. The molecule has 54 heavy (non-hydrogen) atoms. The van der Waals surface area contributed by atoms with Gasteiger partial charge in [0, 0.05) is 0 Å². The van der Waals surface area contributed by atoms with E-state index in [2.05, 4.69) is 69.2 Å². The van der Waals surface area contributed by atoms with Crippen LogP contribution in [0.2, 0.25) is 0 Å². The van der Waals surface area contributed by atoms with Crippen molar-refractivity contribution >= 4 is 0 Å². The molecule has 334 valence electrons. The molecule has 0 radical (unpaired) electrons. The van der Waals surface area contributed by atoms with Crippen LogP contribution in [0.5, 0.6) is 0 Å². The topological polar surface area (TPSA) is 0 Å². The minimum atomic E-state index is 0. The van der Waals surface area contributed by atoms with Gasteiger partial charge in [-0.25, -0.2) is 0 Å². The summed E-state index contributed by atoms with van der Waals surface area (Å²) in [5.74, 6) is 0. The zero-order valence-corrected chi connectivity index (χ0v) is 47.4. The monoisotopic (exact) mass is 1220 g/mol. The molecule has 0 aromatic rings. The third-order valence-corrected chi connectivity index (χ3v) is 14.8. The molecule has 0 N–H and O–H groups in total. The van der Waals surface area contributed by atoms with Crippen molar-refractivity contribution in [3.63, 3.8) is 0 Å². The molecule has 0 saturated carbocycles. The summed E-state index contributed by atoms with van der Waals surface area (Å²) in [6.45, 7) is 45.7. The molecule has 0 aliphatic rings. The Labute approximate surface area is 412 Å². The Kier molecular flexibility index (Phi) is 51.8. The van der Waals surface area contributed by atoms with E-state index in [1.165, 1.54) is 251 Å². The highest BCUT2D eigenvalue weighted by molar-refractivity contribution is 4.53. The van der Waals surface area contributed by atoms with Gasteiger partial charge in [0.15, 0.2) is 0 Å². The molecule has 0 aromatic heterocycles. The Morgan fingerprint density at radius 3 is 0.407 bits per heavy atom. The second-order valence-electron chi connectivity index (χ2n) is 16.9. The van der Waals surface area contributed by atoms with Gasteiger partial charge < -0.3 is 114 Å². The van der Waals surface area contributed by atoms with Crippen molar-refractivity contribution in [3.05, 3.63) is 0 Å². The van der Waals surface area contributed by atoms with E-state index in [1.807, 2.05) is 0 Å². The maximum absolute atomic E-state index is 2.46. The highest BCUT2D eigenvalue weighted by atomic mass is 127. The zero-order chi connectivity index (χ0) is 37.5.